The fourth-order valence-corrected chi connectivity index (χ4v) is 2.57. The van der Waals surface area contributed by atoms with Gasteiger partial charge in [-0.3, -0.25) is 4.79 Å². The molecule has 27 heavy (non-hydrogen) atoms. The van der Waals surface area contributed by atoms with Crippen LogP contribution in [-0.4, -0.2) is 30.0 Å². The SMILES string of the molecule is Cc1cc(C)nc(Oc2ccc(NC(=O)c3ccc(N(C)C)cc3)cc2)n1. The number of benzene rings is 2. The van der Waals surface area contributed by atoms with Crippen molar-refractivity contribution in [1.82, 2.24) is 9.97 Å². The molecule has 0 atom stereocenters. The number of amides is 1. The molecule has 0 aliphatic heterocycles. The van der Waals surface area contributed by atoms with E-state index in [9.17, 15) is 4.79 Å². The van der Waals surface area contributed by atoms with Crippen LogP contribution in [0.5, 0.6) is 11.8 Å². The molecule has 1 aromatic heterocycles. The first kappa shape index (κ1) is 18.4. The molecule has 3 aromatic rings. The normalized spacial score (nSPS) is 10.4. The molecular formula is C21H22N4O2. The Hall–Kier alpha value is -3.41. The van der Waals surface area contributed by atoms with Crippen LogP contribution in [0.25, 0.3) is 0 Å². The zero-order valence-corrected chi connectivity index (χ0v) is 15.9. The number of nitrogens with zero attached hydrogens (tertiary/aromatic N) is 3. The van der Waals surface area contributed by atoms with E-state index in [2.05, 4.69) is 15.3 Å². The van der Waals surface area contributed by atoms with Gasteiger partial charge in [0.2, 0.25) is 0 Å². The lowest BCUT2D eigenvalue weighted by Gasteiger charge is -2.12. The number of nitrogens with one attached hydrogen (secondary N) is 1. The van der Waals surface area contributed by atoms with E-state index >= 15 is 0 Å². The molecule has 1 heterocycles. The second-order valence-corrected chi connectivity index (χ2v) is 6.46. The summed E-state index contributed by atoms with van der Waals surface area (Å²) in [7, 11) is 3.92. The Balaban J connectivity index is 1.65. The molecule has 6 heteroatoms. The standard InChI is InChI=1S/C21H22N4O2/c1-14-13-15(2)23-21(22-14)27-19-11-7-17(8-12-19)24-20(26)16-5-9-18(10-6-16)25(3)4/h5-13H,1-4H3,(H,24,26). The molecule has 6 nitrogen and oxygen atoms in total. The quantitative estimate of drug-likeness (QED) is 0.737. The average molecular weight is 362 g/mol. The molecule has 0 saturated carbocycles. The van der Waals surface area contributed by atoms with Crippen LogP contribution in [0.15, 0.2) is 54.6 Å². The van der Waals surface area contributed by atoms with Crippen molar-refractivity contribution in [2.45, 2.75) is 13.8 Å². The highest BCUT2D eigenvalue weighted by Gasteiger charge is 2.08. The van der Waals surface area contributed by atoms with Crippen molar-refractivity contribution in [3.8, 4) is 11.8 Å². The van der Waals surface area contributed by atoms with Gasteiger partial charge >= 0.3 is 6.01 Å². The van der Waals surface area contributed by atoms with E-state index in [0.717, 1.165) is 17.1 Å². The van der Waals surface area contributed by atoms with Crippen molar-refractivity contribution >= 4 is 17.3 Å². The van der Waals surface area contributed by atoms with E-state index in [0.29, 0.717) is 23.0 Å². The second kappa shape index (κ2) is 7.86. The number of hydrogen-bond donors (Lipinski definition) is 1. The molecular weight excluding hydrogens is 340 g/mol. The monoisotopic (exact) mass is 362 g/mol. The average Bonchev–Trinajstić information content (AvgIpc) is 2.62. The van der Waals surface area contributed by atoms with Gasteiger partial charge in [-0.2, -0.15) is 0 Å². The smallest absolute Gasteiger partial charge is 0.322 e. The van der Waals surface area contributed by atoms with Crippen LogP contribution in [0, 0.1) is 13.8 Å². The van der Waals surface area contributed by atoms with Crippen LogP contribution >= 0.6 is 0 Å². The number of carbonyl (C=O) groups is 1. The molecule has 0 aliphatic carbocycles. The van der Waals surface area contributed by atoms with Gasteiger partial charge < -0.3 is 15.0 Å². The maximum absolute atomic E-state index is 12.4. The van der Waals surface area contributed by atoms with E-state index in [1.54, 1.807) is 36.4 Å². The summed E-state index contributed by atoms with van der Waals surface area (Å²) in [4.78, 5) is 22.9. The van der Waals surface area contributed by atoms with Gasteiger partial charge in [0.05, 0.1) is 0 Å². The van der Waals surface area contributed by atoms with Gasteiger partial charge in [0.15, 0.2) is 0 Å². The highest BCUT2D eigenvalue weighted by atomic mass is 16.5. The molecule has 0 radical (unpaired) electrons. The van der Waals surface area contributed by atoms with E-state index in [1.165, 1.54) is 0 Å². The first-order valence-corrected chi connectivity index (χ1v) is 8.59. The van der Waals surface area contributed by atoms with E-state index in [-0.39, 0.29) is 5.91 Å². The molecule has 0 bridgehead atoms. The van der Waals surface area contributed by atoms with Crippen LogP contribution in [0.1, 0.15) is 21.7 Å². The number of anilines is 2. The molecule has 1 amide bonds. The molecule has 0 fully saturated rings. The van der Waals surface area contributed by atoms with Gasteiger partial charge in [0.1, 0.15) is 5.75 Å². The highest BCUT2D eigenvalue weighted by molar-refractivity contribution is 6.04. The molecule has 0 unspecified atom stereocenters. The Morgan fingerprint density at radius 2 is 1.52 bits per heavy atom. The summed E-state index contributed by atoms with van der Waals surface area (Å²) in [5.41, 5.74) is 4.03. The molecule has 2 aromatic carbocycles. The fraction of sp³-hybridized carbons (Fsp3) is 0.190. The lowest BCUT2D eigenvalue weighted by atomic mass is 10.2. The predicted molar refractivity (Wildman–Crippen MR) is 107 cm³/mol. The Bertz CT molecular complexity index is 915. The van der Waals surface area contributed by atoms with Crippen molar-refractivity contribution in [3.05, 3.63) is 71.5 Å². The topological polar surface area (TPSA) is 67.3 Å². The summed E-state index contributed by atoms with van der Waals surface area (Å²) in [5, 5.41) is 2.88. The lowest BCUT2D eigenvalue weighted by Crippen LogP contribution is -2.13. The summed E-state index contributed by atoms with van der Waals surface area (Å²) in [6.07, 6.45) is 0. The molecule has 0 saturated heterocycles. The van der Waals surface area contributed by atoms with Gasteiger partial charge in [-0.25, -0.2) is 9.97 Å². The van der Waals surface area contributed by atoms with Gasteiger partial charge in [-0.15, -0.1) is 0 Å². The van der Waals surface area contributed by atoms with Crippen LogP contribution in [-0.2, 0) is 0 Å². The van der Waals surface area contributed by atoms with Crippen molar-refractivity contribution in [2.24, 2.45) is 0 Å². The predicted octanol–water partition coefficient (Wildman–Crippen LogP) is 4.20. The Kier molecular flexibility index (Phi) is 5.35. The minimum Gasteiger partial charge on any atom is -0.424 e. The van der Waals surface area contributed by atoms with Gasteiger partial charge in [-0.05, 0) is 68.4 Å². The first-order chi connectivity index (χ1) is 12.9. The zero-order valence-electron chi connectivity index (χ0n) is 15.9. The summed E-state index contributed by atoms with van der Waals surface area (Å²) < 4.78 is 5.68. The van der Waals surface area contributed by atoms with E-state index < -0.39 is 0 Å². The number of carbonyl (C=O) groups excluding carboxylic acids is 1. The minimum atomic E-state index is -0.161. The van der Waals surface area contributed by atoms with Crippen LogP contribution < -0.4 is 15.0 Å². The van der Waals surface area contributed by atoms with E-state index in [1.807, 2.05) is 51.0 Å². The zero-order chi connectivity index (χ0) is 19.4. The van der Waals surface area contributed by atoms with Gasteiger partial charge in [-0.1, -0.05) is 0 Å². The van der Waals surface area contributed by atoms with Crippen LogP contribution in [0.3, 0.4) is 0 Å². The maximum Gasteiger partial charge on any atom is 0.322 e. The number of aryl methyl sites for hydroxylation is 2. The third kappa shape index (κ3) is 4.82. The third-order valence-corrected chi connectivity index (χ3v) is 3.93. The number of ether oxygens (including phenoxy) is 1. The summed E-state index contributed by atoms with van der Waals surface area (Å²) in [6, 6.07) is 16.7. The minimum absolute atomic E-state index is 0.161. The van der Waals surface area contributed by atoms with Crippen molar-refractivity contribution in [3.63, 3.8) is 0 Å². The van der Waals surface area contributed by atoms with Crippen molar-refractivity contribution in [2.75, 3.05) is 24.3 Å². The summed E-state index contributed by atoms with van der Waals surface area (Å²) >= 11 is 0. The molecule has 0 spiro atoms. The number of hydrogen-bond acceptors (Lipinski definition) is 5. The van der Waals surface area contributed by atoms with Gasteiger partial charge in [0.25, 0.3) is 5.91 Å². The van der Waals surface area contributed by atoms with Crippen LogP contribution in [0.2, 0.25) is 0 Å². The van der Waals surface area contributed by atoms with Crippen molar-refractivity contribution < 1.29 is 9.53 Å². The van der Waals surface area contributed by atoms with Crippen LogP contribution in [0.4, 0.5) is 11.4 Å². The lowest BCUT2D eigenvalue weighted by molar-refractivity contribution is 0.102. The summed E-state index contributed by atoms with van der Waals surface area (Å²) in [6.45, 7) is 3.79. The number of rotatable bonds is 5. The Morgan fingerprint density at radius 1 is 0.926 bits per heavy atom. The molecule has 0 aliphatic rings. The molecule has 138 valence electrons. The summed E-state index contributed by atoms with van der Waals surface area (Å²) in [5.74, 6) is 0.444. The molecule has 3 rings (SSSR count). The second-order valence-electron chi connectivity index (χ2n) is 6.46. The Morgan fingerprint density at radius 3 is 2.07 bits per heavy atom. The van der Waals surface area contributed by atoms with E-state index in [4.69, 9.17) is 4.74 Å². The molecule has 1 N–H and O–H groups in total. The number of aromatic nitrogens is 2. The third-order valence-electron chi connectivity index (χ3n) is 3.93. The Labute approximate surface area is 158 Å². The largest absolute Gasteiger partial charge is 0.424 e. The first-order valence-electron chi connectivity index (χ1n) is 8.59. The van der Waals surface area contributed by atoms with Gasteiger partial charge in [0, 0.05) is 42.4 Å². The fourth-order valence-electron chi connectivity index (χ4n) is 2.57. The highest BCUT2D eigenvalue weighted by Crippen LogP contribution is 2.21. The maximum atomic E-state index is 12.4. The van der Waals surface area contributed by atoms with Crippen molar-refractivity contribution in [1.29, 1.82) is 0 Å².